The van der Waals surface area contributed by atoms with Crippen LogP contribution in [0.3, 0.4) is 0 Å². The van der Waals surface area contributed by atoms with Gasteiger partial charge in [0.05, 0.1) is 0 Å². The van der Waals surface area contributed by atoms with E-state index in [1.54, 1.807) is 0 Å². The lowest BCUT2D eigenvalue weighted by molar-refractivity contribution is 0.190. The van der Waals surface area contributed by atoms with Crippen LogP contribution < -0.4 is 5.73 Å². The van der Waals surface area contributed by atoms with Crippen LogP contribution in [-0.4, -0.2) is 42.1 Å². The number of nitrogens with two attached hydrogens (primary N) is 1. The molecule has 1 saturated heterocycles. The maximum Gasteiger partial charge on any atom is 0.0229 e. The van der Waals surface area contributed by atoms with Gasteiger partial charge in [-0.15, -0.1) is 0 Å². The van der Waals surface area contributed by atoms with Crippen molar-refractivity contribution < 1.29 is 0 Å². The highest BCUT2D eigenvalue weighted by atomic mass is 32.2. The van der Waals surface area contributed by atoms with Crippen molar-refractivity contribution in [1.82, 2.24) is 4.90 Å². The van der Waals surface area contributed by atoms with Crippen molar-refractivity contribution in [3.05, 3.63) is 0 Å². The summed E-state index contributed by atoms with van der Waals surface area (Å²) in [4.78, 5) is 2.59. The van der Waals surface area contributed by atoms with E-state index in [4.69, 9.17) is 5.73 Å². The number of hydrogen-bond donors (Lipinski definition) is 1. The summed E-state index contributed by atoms with van der Waals surface area (Å²) >= 11 is 1.92. The molecule has 0 saturated carbocycles. The molecule has 3 heteroatoms. The third kappa shape index (κ3) is 3.15. The van der Waals surface area contributed by atoms with E-state index in [-0.39, 0.29) is 0 Å². The van der Waals surface area contributed by atoms with Gasteiger partial charge in [0.25, 0.3) is 0 Å². The van der Waals surface area contributed by atoms with Gasteiger partial charge in [-0.05, 0) is 44.7 Å². The maximum absolute atomic E-state index is 5.80. The molecule has 0 amide bonds. The van der Waals surface area contributed by atoms with E-state index >= 15 is 0 Å². The first-order valence-electron chi connectivity index (χ1n) is 5.24. The molecule has 0 aromatic rings. The molecule has 2 unspecified atom stereocenters. The Bertz CT molecular complexity index is 141. The fraction of sp³-hybridized carbons (Fsp3) is 1.00. The fourth-order valence-corrected chi connectivity index (χ4v) is 2.68. The molecular weight excluding hydrogens is 180 g/mol. The zero-order valence-corrected chi connectivity index (χ0v) is 9.65. The van der Waals surface area contributed by atoms with E-state index in [0.717, 1.165) is 12.6 Å². The molecule has 78 valence electrons. The van der Waals surface area contributed by atoms with Crippen molar-refractivity contribution in [3.8, 4) is 0 Å². The second kappa shape index (κ2) is 5.89. The SMILES string of the molecule is CSCCC(CN)N1CCCC1C. The van der Waals surface area contributed by atoms with Gasteiger partial charge in [-0.3, -0.25) is 4.90 Å². The van der Waals surface area contributed by atoms with Crippen LogP contribution >= 0.6 is 11.8 Å². The summed E-state index contributed by atoms with van der Waals surface area (Å²) < 4.78 is 0. The van der Waals surface area contributed by atoms with Gasteiger partial charge in [0.2, 0.25) is 0 Å². The fourth-order valence-electron chi connectivity index (χ4n) is 2.17. The van der Waals surface area contributed by atoms with E-state index in [1.165, 1.54) is 31.6 Å². The van der Waals surface area contributed by atoms with Gasteiger partial charge in [-0.2, -0.15) is 11.8 Å². The molecule has 1 rings (SSSR count). The molecule has 1 aliphatic heterocycles. The predicted molar refractivity (Wildman–Crippen MR) is 61.2 cm³/mol. The zero-order valence-electron chi connectivity index (χ0n) is 8.83. The van der Waals surface area contributed by atoms with E-state index in [9.17, 15) is 0 Å². The average Bonchev–Trinajstić information content (AvgIpc) is 2.54. The average molecular weight is 202 g/mol. The highest BCUT2D eigenvalue weighted by molar-refractivity contribution is 7.98. The molecule has 0 spiro atoms. The number of rotatable bonds is 5. The molecule has 1 fully saturated rings. The predicted octanol–water partition coefficient (Wildman–Crippen LogP) is 1.55. The van der Waals surface area contributed by atoms with Gasteiger partial charge in [-0.1, -0.05) is 0 Å². The number of hydrogen-bond acceptors (Lipinski definition) is 3. The minimum Gasteiger partial charge on any atom is -0.329 e. The van der Waals surface area contributed by atoms with Gasteiger partial charge in [0.1, 0.15) is 0 Å². The molecule has 0 radical (unpaired) electrons. The Morgan fingerprint density at radius 3 is 2.85 bits per heavy atom. The molecule has 0 bridgehead atoms. The number of thioether (sulfide) groups is 1. The molecule has 2 N–H and O–H groups in total. The van der Waals surface area contributed by atoms with E-state index in [0.29, 0.717) is 6.04 Å². The first-order valence-corrected chi connectivity index (χ1v) is 6.63. The Hall–Kier alpha value is 0.270. The molecule has 2 atom stereocenters. The van der Waals surface area contributed by atoms with Crippen LogP contribution in [0.2, 0.25) is 0 Å². The Balaban J connectivity index is 2.35. The quantitative estimate of drug-likeness (QED) is 0.733. The van der Waals surface area contributed by atoms with E-state index < -0.39 is 0 Å². The molecule has 2 nitrogen and oxygen atoms in total. The third-order valence-electron chi connectivity index (χ3n) is 3.00. The Morgan fingerprint density at radius 1 is 1.62 bits per heavy atom. The number of likely N-dealkylation sites (tertiary alicyclic amines) is 1. The van der Waals surface area contributed by atoms with Crippen LogP contribution in [0.15, 0.2) is 0 Å². The lowest BCUT2D eigenvalue weighted by Gasteiger charge is -2.30. The monoisotopic (exact) mass is 202 g/mol. The first-order chi connectivity index (χ1) is 6.29. The van der Waals surface area contributed by atoms with Gasteiger partial charge < -0.3 is 5.73 Å². The van der Waals surface area contributed by atoms with Gasteiger partial charge in [0.15, 0.2) is 0 Å². The summed E-state index contributed by atoms with van der Waals surface area (Å²) in [6.07, 6.45) is 6.13. The summed E-state index contributed by atoms with van der Waals surface area (Å²) in [6, 6.07) is 1.39. The van der Waals surface area contributed by atoms with E-state index in [2.05, 4.69) is 18.1 Å². The number of nitrogens with zero attached hydrogens (tertiary/aromatic N) is 1. The molecule has 13 heavy (non-hydrogen) atoms. The molecule has 0 aliphatic carbocycles. The summed E-state index contributed by atoms with van der Waals surface area (Å²) in [6.45, 7) is 4.41. The van der Waals surface area contributed by atoms with Crippen LogP contribution in [0.5, 0.6) is 0 Å². The maximum atomic E-state index is 5.80. The van der Waals surface area contributed by atoms with Crippen molar-refractivity contribution in [1.29, 1.82) is 0 Å². The van der Waals surface area contributed by atoms with Crippen molar-refractivity contribution in [2.75, 3.05) is 25.1 Å². The minimum atomic E-state index is 0.630. The highest BCUT2D eigenvalue weighted by Gasteiger charge is 2.26. The summed E-state index contributed by atoms with van der Waals surface area (Å²) in [5.74, 6) is 1.24. The first kappa shape index (κ1) is 11.3. The van der Waals surface area contributed by atoms with E-state index in [1.807, 2.05) is 11.8 Å². The lowest BCUT2D eigenvalue weighted by atomic mass is 10.1. The van der Waals surface area contributed by atoms with Crippen LogP contribution in [-0.2, 0) is 0 Å². The molecule has 1 heterocycles. The van der Waals surface area contributed by atoms with Crippen molar-refractivity contribution in [2.45, 2.75) is 38.3 Å². The molecule has 0 aromatic heterocycles. The Labute approximate surface area is 86.2 Å². The Kier molecular flexibility index (Phi) is 5.14. The second-order valence-electron chi connectivity index (χ2n) is 3.90. The van der Waals surface area contributed by atoms with Crippen molar-refractivity contribution in [2.24, 2.45) is 5.73 Å². The zero-order chi connectivity index (χ0) is 9.68. The molecular formula is C10H22N2S. The van der Waals surface area contributed by atoms with Crippen LogP contribution in [0.1, 0.15) is 26.2 Å². The normalized spacial score (nSPS) is 26.5. The largest absolute Gasteiger partial charge is 0.329 e. The van der Waals surface area contributed by atoms with Crippen LogP contribution in [0.4, 0.5) is 0 Å². The van der Waals surface area contributed by atoms with Crippen LogP contribution in [0.25, 0.3) is 0 Å². The van der Waals surface area contributed by atoms with Crippen molar-refractivity contribution >= 4 is 11.8 Å². The summed E-state index contributed by atoms with van der Waals surface area (Å²) in [5, 5.41) is 0. The molecule has 1 aliphatic rings. The minimum absolute atomic E-state index is 0.630. The summed E-state index contributed by atoms with van der Waals surface area (Å²) in [7, 11) is 0. The smallest absolute Gasteiger partial charge is 0.0229 e. The third-order valence-corrected chi connectivity index (χ3v) is 3.64. The van der Waals surface area contributed by atoms with Gasteiger partial charge in [-0.25, -0.2) is 0 Å². The standard InChI is InChI=1S/C10H22N2S/c1-9-4-3-6-12(9)10(8-11)5-7-13-2/h9-10H,3-8,11H2,1-2H3. The lowest BCUT2D eigenvalue weighted by Crippen LogP contribution is -2.42. The molecule has 0 aromatic carbocycles. The van der Waals surface area contributed by atoms with Crippen molar-refractivity contribution in [3.63, 3.8) is 0 Å². The van der Waals surface area contributed by atoms with Crippen LogP contribution in [0, 0.1) is 0 Å². The van der Waals surface area contributed by atoms with Gasteiger partial charge in [0, 0.05) is 18.6 Å². The van der Waals surface area contributed by atoms with Gasteiger partial charge >= 0.3 is 0 Å². The Morgan fingerprint density at radius 2 is 2.38 bits per heavy atom. The summed E-state index contributed by atoms with van der Waals surface area (Å²) in [5.41, 5.74) is 5.80. The topological polar surface area (TPSA) is 29.3 Å². The highest BCUT2D eigenvalue weighted by Crippen LogP contribution is 2.21. The second-order valence-corrected chi connectivity index (χ2v) is 4.89.